The normalized spacial score (nSPS) is 19.7. The highest BCUT2D eigenvalue weighted by Gasteiger charge is 2.23. The van der Waals surface area contributed by atoms with Gasteiger partial charge in [-0.3, -0.25) is 9.79 Å². The number of carbonyl (C=O) groups excluding carboxylic acids is 1. The molecule has 0 aromatic heterocycles. The molecule has 1 aromatic carbocycles. The van der Waals surface area contributed by atoms with Crippen molar-refractivity contribution in [1.82, 2.24) is 16.0 Å². The summed E-state index contributed by atoms with van der Waals surface area (Å²) in [4.78, 5) is 15.9. The van der Waals surface area contributed by atoms with Crippen molar-refractivity contribution in [2.24, 2.45) is 4.99 Å². The summed E-state index contributed by atoms with van der Waals surface area (Å²) < 4.78 is 5.49. The number of nitrogens with one attached hydrogen (secondary N) is 3. The van der Waals surface area contributed by atoms with Crippen molar-refractivity contribution in [2.45, 2.75) is 38.3 Å². The summed E-state index contributed by atoms with van der Waals surface area (Å²) in [5, 5.41) is 9.47. The predicted molar refractivity (Wildman–Crippen MR) is 89.7 cm³/mol. The highest BCUT2D eigenvalue weighted by atomic mass is 16.5. The Morgan fingerprint density at radius 3 is 2.78 bits per heavy atom. The number of rotatable bonds is 7. The van der Waals surface area contributed by atoms with E-state index in [0.29, 0.717) is 12.1 Å². The Kier molecular flexibility index (Phi) is 5.00. The molecule has 2 aliphatic rings. The molecule has 6 nitrogen and oxygen atoms in total. The SMILES string of the molecule is CC1CN=C(NCCc2ccc(OCC(=O)NC3CC3)cc2)N1. The van der Waals surface area contributed by atoms with E-state index in [2.05, 4.69) is 27.9 Å². The average Bonchev–Trinajstić information content (AvgIpc) is 3.26. The molecule has 0 saturated heterocycles. The molecule has 3 N–H and O–H groups in total. The lowest BCUT2D eigenvalue weighted by atomic mass is 10.1. The number of amides is 1. The van der Waals surface area contributed by atoms with E-state index in [9.17, 15) is 4.79 Å². The van der Waals surface area contributed by atoms with E-state index in [1.807, 2.05) is 24.3 Å². The maximum Gasteiger partial charge on any atom is 0.258 e. The van der Waals surface area contributed by atoms with Crippen LogP contribution in [0.2, 0.25) is 0 Å². The summed E-state index contributed by atoms with van der Waals surface area (Å²) in [6, 6.07) is 8.68. The number of benzene rings is 1. The van der Waals surface area contributed by atoms with E-state index in [4.69, 9.17) is 4.74 Å². The van der Waals surface area contributed by atoms with Crippen LogP contribution in [0, 0.1) is 0 Å². The maximum absolute atomic E-state index is 11.6. The number of ether oxygens (including phenoxy) is 1. The smallest absolute Gasteiger partial charge is 0.258 e. The fourth-order valence-electron chi connectivity index (χ4n) is 2.38. The molecule has 1 fully saturated rings. The van der Waals surface area contributed by atoms with Crippen LogP contribution in [-0.4, -0.2) is 43.6 Å². The van der Waals surface area contributed by atoms with Crippen LogP contribution in [0.1, 0.15) is 25.3 Å². The van der Waals surface area contributed by atoms with E-state index in [-0.39, 0.29) is 12.5 Å². The van der Waals surface area contributed by atoms with E-state index >= 15 is 0 Å². The summed E-state index contributed by atoms with van der Waals surface area (Å²) in [6.45, 7) is 3.87. The van der Waals surface area contributed by atoms with Gasteiger partial charge in [-0.25, -0.2) is 0 Å². The van der Waals surface area contributed by atoms with Crippen molar-refractivity contribution in [3.63, 3.8) is 0 Å². The number of aliphatic imine (C=N–C) groups is 1. The minimum absolute atomic E-state index is 0.0418. The van der Waals surface area contributed by atoms with Gasteiger partial charge in [0.1, 0.15) is 5.75 Å². The van der Waals surface area contributed by atoms with Gasteiger partial charge in [0.2, 0.25) is 0 Å². The average molecular weight is 316 g/mol. The van der Waals surface area contributed by atoms with Crippen molar-refractivity contribution < 1.29 is 9.53 Å². The van der Waals surface area contributed by atoms with Gasteiger partial charge < -0.3 is 20.7 Å². The van der Waals surface area contributed by atoms with Gasteiger partial charge in [-0.15, -0.1) is 0 Å². The molecule has 1 aliphatic carbocycles. The Morgan fingerprint density at radius 1 is 1.35 bits per heavy atom. The lowest BCUT2D eigenvalue weighted by Gasteiger charge is -2.10. The van der Waals surface area contributed by atoms with Crippen LogP contribution in [0.15, 0.2) is 29.3 Å². The number of hydrogen-bond donors (Lipinski definition) is 3. The standard InChI is InChI=1S/C17H24N4O2/c1-12-10-19-17(20-12)18-9-8-13-2-6-15(7-3-13)23-11-16(22)21-14-4-5-14/h2-3,6-7,12,14H,4-5,8-11H2,1H3,(H,21,22)(H2,18,19,20). The maximum atomic E-state index is 11.6. The zero-order chi connectivity index (χ0) is 16.1. The minimum atomic E-state index is -0.0418. The topological polar surface area (TPSA) is 74.8 Å². The van der Waals surface area contributed by atoms with Crippen molar-refractivity contribution in [2.75, 3.05) is 19.7 Å². The second kappa shape index (κ2) is 7.35. The minimum Gasteiger partial charge on any atom is -0.484 e. The number of guanidine groups is 1. The zero-order valence-electron chi connectivity index (χ0n) is 13.5. The Labute approximate surface area is 136 Å². The third-order valence-corrected chi connectivity index (χ3v) is 3.85. The van der Waals surface area contributed by atoms with Gasteiger partial charge in [0.25, 0.3) is 5.91 Å². The molecule has 1 atom stereocenters. The largest absolute Gasteiger partial charge is 0.484 e. The summed E-state index contributed by atoms with van der Waals surface area (Å²) in [5.41, 5.74) is 1.22. The number of hydrogen-bond acceptors (Lipinski definition) is 5. The van der Waals surface area contributed by atoms with Crippen LogP contribution in [0.5, 0.6) is 5.75 Å². The third kappa shape index (κ3) is 5.16. The van der Waals surface area contributed by atoms with Crippen LogP contribution in [-0.2, 0) is 11.2 Å². The molecule has 6 heteroatoms. The van der Waals surface area contributed by atoms with Gasteiger partial charge in [0.05, 0.1) is 6.54 Å². The van der Waals surface area contributed by atoms with Crippen LogP contribution in [0.4, 0.5) is 0 Å². The van der Waals surface area contributed by atoms with Gasteiger partial charge in [0, 0.05) is 18.6 Å². The molecule has 1 saturated carbocycles. The fraction of sp³-hybridized carbons (Fsp3) is 0.529. The molecular weight excluding hydrogens is 292 g/mol. The molecule has 1 unspecified atom stereocenters. The summed E-state index contributed by atoms with van der Waals surface area (Å²) >= 11 is 0. The molecule has 124 valence electrons. The lowest BCUT2D eigenvalue weighted by Crippen LogP contribution is -2.38. The van der Waals surface area contributed by atoms with Gasteiger partial charge in [-0.05, 0) is 43.9 Å². The fourth-order valence-corrected chi connectivity index (χ4v) is 2.38. The summed E-state index contributed by atoms with van der Waals surface area (Å²) in [5.74, 6) is 1.57. The molecule has 1 amide bonds. The van der Waals surface area contributed by atoms with Crippen LogP contribution in [0.25, 0.3) is 0 Å². The van der Waals surface area contributed by atoms with Gasteiger partial charge in [-0.2, -0.15) is 0 Å². The van der Waals surface area contributed by atoms with Crippen molar-refractivity contribution in [3.8, 4) is 5.75 Å². The molecule has 1 heterocycles. The van der Waals surface area contributed by atoms with Crippen LogP contribution in [0.3, 0.4) is 0 Å². The Morgan fingerprint density at radius 2 is 2.13 bits per heavy atom. The molecule has 0 bridgehead atoms. The van der Waals surface area contributed by atoms with E-state index in [0.717, 1.165) is 44.1 Å². The summed E-state index contributed by atoms with van der Waals surface area (Å²) in [6.07, 6.45) is 3.10. The zero-order valence-corrected chi connectivity index (χ0v) is 13.5. The van der Waals surface area contributed by atoms with E-state index in [1.54, 1.807) is 0 Å². The monoisotopic (exact) mass is 316 g/mol. The number of nitrogens with zero attached hydrogens (tertiary/aromatic N) is 1. The molecule has 23 heavy (non-hydrogen) atoms. The highest BCUT2D eigenvalue weighted by Crippen LogP contribution is 2.18. The number of carbonyl (C=O) groups is 1. The van der Waals surface area contributed by atoms with Gasteiger partial charge in [-0.1, -0.05) is 12.1 Å². The van der Waals surface area contributed by atoms with Crippen LogP contribution < -0.4 is 20.7 Å². The van der Waals surface area contributed by atoms with E-state index < -0.39 is 0 Å². The van der Waals surface area contributed by atoms with Crippen molar-refractivity contribution in [3.05, 3.63) is 29.8 Å². The lowest BCUT2D eigenvalue weighted by molar-refractivity contribution is -0.123. The third-order valence-electron chi connectivity index (χ3n) is 3.85. The van der Waals surface area contributed by atoms with Crippen LogP contribution >= 0.6 is 0 Å². The van der Waals surface area contributed by atoms with Crippen molar-refractivity contribution >= 4 is 11.9 Å². The van der Waals surface area contributed by atoms with E-state index in [1.165, 1.54) is 5.56 Å². The first-order valence-electron chi connectivity index (χ1n) is 8.25. The molecule has 0 spiro atoms. The van der Waals surface area contributed by atoms with Gasteiger partial charge >= 0.3 is 0 Å². The predicted octanol–water partition coefficient (Wildman–Crippen LogP) is 0.824. The second-order valence-corrected chi connectivity index (χ2v) is 6.19. The Hall–Kier alpha value is -2.24. The first kappa shape index (κ1) is 15.6. The highest BCUT2D eigenvalue weighted by molar-refractivity contribution is 5.81. The molecule has 3 rings (SSSR count). The first-order chi connectivity index (χ1) is 11.2. The van der Waals surface area contributed by atoms with Crippen molar-refractivity contribution in [1.29, 1.82) is 0 Å². The first-order valence-corrected chi connectivity index (χ1v) is 8.25. The molecule has 0 radical (unpaired) electrons. The Bertz CT molecular complexity index is 566. The summed E-state index contributed by atoms with van der Waals surface area (Å²) in [7, 11) is 0. The molecule has 1 aliphatic heterocycles. The molecular formula is C17H24N4O2. The second-order valence-electron chi connectivity index (χ2n) is 6.19. The molecule has 1 aromatic rings. The Balaban J connectivity index is 1.35. The quantitative estimate of drug-likeness (QED) is 0.696. The van der Waals surface area contributed by atoms with Gasteiger partial charge in [0.15, 0.2) is 12.6 Å².